The van der Waals surface area contributed by atoms with Crippen LogP contribution in [-0.2, 0) is 18.7 Å². The SMILES string of the molecule is CSCc1nc2c(c(=O)[nH]1)CCNC2. The molecule has 0 unspecified atom stereocenters. The van der Waals surface area contributed by atoms with E-state index in [1.54, 1.807) is 11.8 Å². The first kappa shape index (κ1) is 9.73. The lowest BCUT2D eigenvalue weighted by atomic mass is 10.1. The van der Waals surface area contributed by atoms with Crippen LogP contribution >= 0.6 is 11.8 Å². The lowest BCUT2D eigenvalue weighted by Crippen LogP contribution is -2.31. The van der Waals surface area contributed by atoms with E-state index >= 15 is 0 Å². The van der Waals surface area contributed by atoms with Crippen LogP contribution < -0.4 is 10.9 Å². The molecule has 0 saturated heterocycles. The Morgan fingerprint density at radius 1 is 1.57 bits per heavy atom. The van der Waals surface area contributed by atoms with Gasteiger partial charge in [-0.2, -0.15) is 11.8 Å². The molecule has 1 aromatic heterocycles. The van der Waals surface area contributed by atoms with Gasteiger partial charge in [0.05, 0.1) is 11.4 Å². The molecule has 2 heterocycles. The quantitative estimate of drug-likeness (QED) is 0.737. The van der Waals surface area contributed by atoms with Crippen molar-refractivity contribution in [2.75, 3.05) is 12.8 Å². The molecule has 1 aromatic rings. The molecular formula is C9H13N3OS. The summed E-state index contributed by atoms with van der Waals surface area (Å²) in [4.78, 5) is 18.9. The summed E-state index contributed by atoms with van der Waals surface area (Å²) in [5.74, 6) is 1.55. The van der Waals surface area contributed by atoms with Crippen LogP contribution in [0.5, 0.6) is 0 Å². The standard InChI is InChI=1S/C9H13N3OS/c1-14-5-8-11-7-4-10-3-2-6(7)9(13)12-8/h10H,2-5H2,1H3,(H,11,12,13). The topological polar surface area (TPSA) is 57.8 Å². The van der Waals surface area contributed by atoms with E-state index in [0.29, 0.717) is 0 Å². The molecular weight excluding hydrogens is 198 g/mol. The van der Waals surface area contributed by atoms with E-state index in [-0.39, 0.29) is 5.56 Å². The molecule has 0 radical (unpaired) electrons. The minimum absolute atomic E-state index is 0.0422. The summed E-state index contributed by atoms with van der Waals surface area (Å²) < 4.78 is 0. The highest BCUT2D eigenvalue weighted by Gasteiger charge is 2.14. The molecule has 0 spiro atoms. The number of rotatable bonds is 2. The van der Waals surface area contributed by atoms with Crippen LogP contribution in [-0.4, -0.2) is 22.8 Å². The number of H-pyrrole nitrogens is 1. The Hall–Kier alpha value is -0.810. The molecule has 0 bridgehead atoms. The van der Waals surface area contributed by atoms with Gasteiger partial charge in [0.15, 0.2) is 0 Å². The van der Waals surface area contributed by atoms with Gasteiger partial charge in [0.1, 0.15) is 5.82 Å². The summed E-state index contributed by atoms with van der Waals surface area (Å²) in [6.45, 7) is 1.60. The molecule has 14 heavy (non-hydrogen) atoms. The van der Waals surface area contributed by atoms with Gasteiger partial charge in [0.25, 0.3) is 5.56 Å². The molecule has 5 heteroatoms. The molecule has 0 saturated carbocycles. The lowest BCUT2D eigenvalue weighted by molar-refractivity contribution is 0.614. The van der Waals surface area contributed by atoms with Crippen molar-refractivity contribution in [3.63, 3.8) is 0 Å². The van der Waals surface area contributed by atoms with Crippen LogP contribution in [0.25, 0.3) is 0 Å². The van der Waals surface area contributed by atoms with Crippen LogP contribution in [0.3, 0.4) is 0 Å². The van der Waals surface area contributed by atoms with Crippen molar-refractivity contribution in [1.29, 1.82) is 0 Å². The first-order valence-corrected chi connectivity index (χ1v) is 6.01. The minimum atomic E-state index is 0.0422. The van der Waals surface area contributed by atoms with Gasteiger partial charge in [-0.15, -0.1) is 0 Å². The fourth-order valence-electron chi connectivity index (χ4n) is 1.63. The Balaban J connectivity index is 2.41. The second kappa shape index (κ2) is 4.14. The van der Waals surface area contributed by atoms with Gasteiger partial charge in [-0.25, -0.2) is 4.98 Å². The van der Waals surface area contributed by atoms with Gasteiger partial charge >= 0.3 is 0 Å². The Kier molecular flexibility index (Phi) is 2.88. The average molecular weight is 211 g/mol. The Morgan fingerprint density at radius 3 is 3.21 bits per heavy atom. The first-order valence-electron chi connectivity index (χ1n) is 4.62. The van der Waals surface area contributed by atoms with E-state index < -0.39 is 0 Å². The van der Waals surface area contributed by atoms with Crippen molar-refractivity contribution in [1.82, 2.24) is 15.3 Å². The van der Waals surface area contributed by atoms with Crippen molar-refractivity contribution in [2.24, 2.45) is 0 Å². The van der Waals surface area contributed by atoms with Crippen LogP contribution in [0.4, 0.5) is 0 Å². The maximum absolute atomic E-state index is 11.6. The zero-order valence-corrected chi connectivity index (χ0v) is 8.91. The summed E-state index contributed by atoms with van der Waals surface area (Å²) in [5, 5.41) is 3.22. The number of hydrogen-bond acceptors (Lipinski definition) is 4. The molecule has 2 N–H and O–H groups in total. The van der Waals surface area contributed by atoms with Crippen LogP contribution in [0.1, 0.15) is 17.1 Å². The average Bonchev–Trinajstić information content (AvgIpc) is 2.18. The number of hydrogen-bond donors (Lipinski definition) is 2. The number of nitrogens with zero attached hydrogens (tertiary/aromatic N) is 1. The van der Waals surface area contributed by atoms with Crippen molar-refractivity contribution >= 4 is 11.8 Å². The fraction of sp³-hybridized carbons (Fsp3) is 0.556. The first-order chi connectivity index (χ1) is 6.81. The predicted octanol–water partition coefficient (Wildman–Crippen LogP) is 0.279. The molecule has 1 aliphatic heterocycles. The largest absolute Gasteiger partial charge is 0.311 e. The van der Waals surface area contributed by atoms with Crippen molar-refractivity contribution < 1.29 is 0 Å². The molecule has 76 valence electrons. The maximum atomic E-state index is 11.6. The van der Waals surface area contributed by atoms with Gasteiger partial charge in [0.2, 0.25) is 0 Å². The van der Waals surface area contributed by atoms with Gasteiger partial charge in [-0.1, -0.05) is 0 Å². The van der Waals surface area contributed by atoms with Crippen LogP contribution in [0.2, 0.25) is 0 Å². The number of aromatic amines is 1. The maximum Gasteiger partial charge on any atom is 0.254 e. The number of nitrogens with one attached hydrogen (secondary N) is 2. The molecule has 0 aliphatic carbocycles. The second-order valence-electron chi connectivity index (χ2n) is 3.30. The zero-order valence-electron chi connectivity index (χ0n) is 8.09. The van der Waals surface area contributed by atoms with Crippen molar-refractivity contribution in [3.05, 3.63) is 27.4 Å². The smallest absolute Gasteiger partial charge is 0.254 e. The Morgan fingerprint density at radius 2 is 2.43 bits per heavy atom. The van der Waals surface area contributed by atoms with Crippen LogP contribution in [0, 0.1) is 0 Å². The molecule has 0 aromatic carbocycles. The van der Waals surface area contributed by atoms with Crippen molar-refractivity contribution in [2.45, 2.75) is 18.7 Å². The number of aromatic nitrogens is 2. The summed E-state index contributed by atoms with van der Waals surface area (Å²) in [6.07, 6.45) is 2.79. The molecule has 0 fully saturated rings. The predicted molar refractivity (Wildman–Crippen MR) is 57.5 cm³/mol. The summed E-state index contributed by atoms with van der Waals surface area (Å²) in [6, 6.07) is 0. The molecule has 1 aliphatic rings. The van der Waals surface area contributed by atoms with Gasteiger partial charge < -0.3 is 10.3 Å². The summed E-state index contributed by atoms with van der Waals surface area (Å²) in [5.41, 5.74) is 1.82. The molecule has 4 nitrogen and oxygen atoms in total. The Bertz CT molecular complexity index is 388. The van der Waals surface area contributed by atoms with E-state index in [2.05, 4.69) is 15.3 Å². The Labute approximate surface area is 86.5 Å². The lowest BCUT2D eigenvalue weighted by Gasteiger charge is -2.15. The summed E-state index contributed by atoms with van der Waals surface area (Å²) >= 11 is 1.66. The highest BCUT2D eigenvalue weighted by Crippen LogP contribution is 2.08. The number of fused-ring (bicyclic) bond motifs is 1. The molecule has 0 amide bonds. The third-order valence-corrected chi connectivity index (χ3v) is 2.84. The third-order valence-electron chi connectivity index (χ3n) is 2.28. The third kappa shape index (κ3) is 1.83. The van der Waals surface area contributed by atoms with E-state index in [1.165, 1.54) is 0 Å². The minimum Gasteiger partial charge on any atom is -0.311 e. The normalized spacial score (nSPS) is 15.2. The molecule has 0 atom stereocenters. The van der Waals surface area contributed by atoms with Crippen LogP contribution in [0.15, 0.2) is 4.79 Å². The van der Waals surface area contributed by atoms with Gasteiger partial charge in [0, 0.05) is 12.1 Å². The summed E-state index contributed by atoms with van der Waals surface area (Å²) in [7, 11) is 0. The van der Waals surface area contributed by atoms with Gasteiger partial charge in [-0.3, -0.25) is 4.79 Å². The fourth-order valence-corrected chi connectivity index (χ4v) is 2.04. The van der Waals surface area contributed by atoms with Gasteiger partial charge in [-0.05, 0) is 19.2 Å². The highest BCUT2D eigenvalue weighted by atomic mass is 32.2. The van der Waals surface area contributed by atoms with E-state index in [1.807, 2.05) is 6.26 Å². The number of thioether (sulfide) groups is 1. The van der Waals surface area contributed by atoms with E-state index in [4.69, 9.17) is 0 Å². The molecule has 2 rings (SSSR count). The highest BCUT2D eigenvalue weighted by molar-refractivity contribution is 7.97. The van der Waals surface area contributed by atoms with Crippen molar-refractivity contribution in [3.8, 4) is 0 Å². The zero-order chi connectivity index (χ0) is 9.97. The second-order valence-corrected chi connectivity index (χ2v) is 4.16. The van der Waals surface area contributed by atoms with E-state index in [0.717, 1.165) is 42.3 Å². The van der Waals surface area contributed by atoms with E-state index in [9.17, 15) is 4.79 Å². The monoisotopic (exact) mass is 211 g/mol.